The number of carbonyl (C=O) groups is 2. The predicted octanol–water partition coefficient (Wildman–Crippen LogP) is 5.39. The van der Waals surface area contributed by atoms with Crippen molar-refractivity contribution in [3.05, 3.63) is 41.6 Å². The second-order valence-corrected chi connectivity index (χ2v) is 8.37. The van der Waals surface area contributed by atoms with Crippen LogP contribution in [0.25, 0.3) is 5.57 Å². The lowest BCUT2D eigenvalue weighted by atomic mass is 10.0. The van der Waals surface area contributed by atoms with Crippen LogP contribution in [0.2, 0.25) is 0 Å². The average molecular weight is 397 g/mol. The van der Waals surface area contributed by atoms with Gasteiger partial charge in [0, 0.05) is 19.6 Å². The van der Waals surface area contributed by atoms with Gasteiger partial charge >= 0.3 is 0 Å². The van der Waals surface area contributed by atoms with E-state index in [-0.39, 0.29) is 11.8 Å². The molecule has 2 aliphatic rings. The molecule has 3 rings (SSSR count). The largest absolute Gasteiger partial charge is 0.366 e. The summed E-state index contributed by atoms with van der Waals surface area (Å²) in [6.07, 6.45) is 13.0. The number of rotatable bonds is 11. The van der Waals surface area contributed by atoms with E-state index in [4.69, 9.17) is 0 Å². The van der Waals surface area contributed by atoms with Crippen LogP contribution >= 0.6 is 0 Å². The van der Waals surface area contributed by atoms with E-state index in [1.165, 1.54) is 49.8 Å². The first kappa shape index (κ1) is 21.6. The first-order valence-corrected chi connectivity index (χ1v) is 11.6. The maximum absolute atomic E-state index is 13.2. The highest BCUT2D eigenvalue weighted by Crippen LogP contribution is 2.33. The van der Waals surface area contributed by atoms with E-state index in [2.05, 4.69) is 11.8 Å². The summed E-state index contributed by atoms with van der Waals surface area (Å²) in [6, 6.07) is 9.73. The Morgan fingerprint density at radius 3 is 2.03 bits per heavy atom. The molecule has 2 amide bonds. The molecule has 2 aliphatic heterocycles. The van der Waals surface area contributed by atoms with E-state index >= 15 is 0 Å². The molecule has 0 spiro atoms. The van der Waals surface area contributed by atoms with Crippen LogP contribution in [-0.4, -0.2) is 41.2 Å². The lowest BCUT2D eigenvalue weighted by Crippen LogP contribution is -2.37. The maximum Gasteiger partial charge on any atom is 0.277 e. The topological polar surface area (TPSA) is 40.6 Å². The van der Waals surface area contributed by atoms with Gasteiger partial charge < -0.3 is 4.90 Å². The van der Waals surface area contributed by atoms with Crippen molar-refractivity contribution in [3.63, 3.8) is 0 Å². The third-order valence-corrected chi connectivity index (χ3v) is 6.11. The Morgan fingerprint density at radius 2 is 1.38 bits per heavy atom. The second kappa shape index (κ2) is 11.2. The van der Waals surface area contributed by atoms with Gasteiger partial charge in [0.1, 0.15) is 5.70 Å². The van der Waals surface area contributed by atoms with E-state index in [9.17, 15) is 9.59 Å². The lowest BCUT2D eigenvalue weighted by Gasteiger charge is -2.29. The highest BCUT2D eigenvalue weighted by Gasteiger charge is 2.41. The van der Waals surface area contributed by atoms with Crippen molar-refractivity contribution in [2.75, 3.05) is 19.6 Å². The number of likely N-dealkylation sites (tertiary alicyclic amines) is 1. The van der Waals surface area contributed by atoms with E-state index in [0.29, 0.717) is 17.8 Å². The van der Waals surface area contributed by atoms with Crippen LogP contribution in [0, 0.1) is 0 Å². The van der Waals surface area contributed by atoms with Gasteiger partial charge in [-0.05, 0) is 31.2 Å². The summed E-state index contributed by atoms with van der Waals surface area (Å²) in [5, 5.41) is 0. The minimum absolute atomic E-state index is 0.0845. The summed E-state index contributed by atoms with van der Waals surface area (Å²) >= 11 is 0. The van der Waals surface area contributed by atoms with Crippen molar-refractivity contribution >= 4 is 17.4 Å². The molecule has 2 heterocycles. The summed E-state index contributed by atoms with van der Waals surface area (Å²) in [5.74, 6) is -0.191. The fraction of sp³-hybridized carbons (Fsp3) is 0.600. The zero-order valence-electron chi connectivity index (χ0n) is 18.0. The second-order valence-electron chi connectivity index (χ2n) is 8.37. The molecule has 0 saturated carbocycles. The summed E-state index contributed by atoms with van der Waals surface area (Å²) < 4.78 is 0. The molecule has 29 heavy (non-hydrogen) atoms. The maximum atomic E-state index is 13.2. The third kappa shape index (κ3) is 5.49. The van der Waals surface area contributed by atoms with E-state index < -0.39 is 0 Å². The van der Waals surface area contributed by atoms with E-state index in [1.54, 1.807) is 0 Å². The monoisotopic (exact) mass is 396 g/mol. The number of hydrogen-bond acceptors (Lipinski definition) is 3. The van der Waals surface area contributed by atoms with Gasteiger partial charge in [-0.2, -0.15) is 0 Å². The zero-order chi connectivity index (χ0) is 20.5. The Bertz CT molecular complexity index is 705. The smallest absolute Gasteiger partial charge is 0.277 e. The molecule has 0 radical (unpaired) electrons. The molecule has 4 heteroatoms. The normalized spacial score (nSPS) is 17.6. The molecular formula is C25H36N2O2. The van der Waals surface area contributed by atoms with Gasteiger partial charge in [-0.15, -0.1) is 0 Å². The SMILES string of the molecule is CCCCCCCCCCN1C(=O)C(c2ccccc2)=C(N2CCCCC2)C1=O. The van der Waals surface area contributed by atoms with Gasteiger partial charge in [0.2, 0.25) is 0 Å². The van der Waals surface area contributed by atoms with Gasteiger partial charge in [-0.1, -0.05) is 82.2 Å². The molecule has 0 aliphatic carbocycles. The van der Waals surface area contributed by atoms with Crippen LogP contribution in [0.5, 0.6) is 0 Å². The van der Waals surface area contributed by atoms with E-state index in [1.807, 2.05) is 30.3 Å². The molecule has 0 unspecified atom stereocenters. The Morgan fingerprint density at radius 1 is 0.759 bits per heavy atom. The van der Waals surface area contributed by atoms with Gasteiger partial charge in [0.05, 0.1) is 5.57 Å². The molecule has 158 valence electrons. The highest BCUT2D eigenvalue weighted by molar-refractivity contribution is 6.35. The van der Waals surface area contributed by atoms with Crippen molar-refractivity contribution in [1.29, 1.82) is 0 Å². The number of imide groups is 1. The number of nitrogens with zero attached hydrogens (tertiary/aromatic N) is 2. The molecule has 1 aromatic rings. The molecule has 1 saturated heterocycles. The minimum atomic E-state index is -0.107. The Balaban J connectivity index is 1.63. The molecule has 4 nitrogen and oxygen atoms in total. The van der Waals surface area contributed by atoms with Gasteiger partial charge in [0.25, 0.3) is 11.8 Å². The summed E-state index contributed by atoms with van der Waals surface area (Å²) in [4.78, 5) is 30.1. The number of hydrogen-bond donors (Lipinski definition) is 0. The average Bonchev–Trinajstić information content (AvgIpc) is 3.01. The zero-order valence-corrected chi connectivity index (χ0v) is 18.0. The first-order valence-electron chi connectivity index (χ1n) is 11.6. The van der Waals surface area contributed by atoms with Gasteiger partial charge in [-0.3, -0.25) is 14.5 Å². The number of benzene rings is 1. The van der Waals surface area contributed by atoms with Crippen LogP contribution in [0.4, 0.5) is 0 Å². The van der Waals surface area contributed by atoms with Gasteiger partial charge in [0.15, 0.2) is 0 Å². The third-order valence-electron chi connectivity index (χ3n) is 6.11. The Kier molecular flexibility index (Phi) is 8.33. The quantitative estimate of drug-likeness (QED) is 0.372. The van der Waals surface area contributed by atoms with Crippen LogP contribution in [0.15, 0.2) is 36.0 Å². The molecule has 0 N–H and O–H groups in total. The first-order chi connectivity index (χ1) is 14.2. The fourth-order valence-electron chi connectivity index (χ4n) is 4.45. The van der Waals surface area contributed by atoms with Crippen LogP contribution in [0.1, 0.15) is 83.1 Å². The summed E-state index contributed by atoms with van der Waals surface area (Å²) in [7, 11) is 0. The number of amides is 2. The molecular weight excluding hydrogens is 360 g/mol. The fourth-order valence-corrected chi connectivity index (χ4v) is 4.45. The van der Waals surface area contributed by atoms with Gasteiger partial charge in [-0.25, -0.2) is 0 Å². The number of unbranched alkanes of at least 4 members (excludes halogenated alkanes) is 7. The van der Waals surface area contributed by atoms with Crippen molar-refractivity contribution in [2.45, 2.75) is 77.6 Å². The summed E-state index contributed by atoms with van der Waals surface area (Å²) in [6.45, 7) is 4.52. The predicted molar refractivity (Wildman–Crippen MR) is 118 cm³/mol. The van der Waals surface area contributed by atoms with Crippen molar-refractivity contribution in [2.24, 2.45) is 0 Å². The van der Waals surface area contributed by atoms with Crippen LogP contribution < -0.4 is 0 Å². The highest BCUT2D eigenvalue weighted by atomic mass is 16.2. The molecule has 1 aromatic carbocycles. The standard InChI is InChI=1S/C25H36N2O2/c1-2-3-4-5-6-7-8-15-20-27-24(28)22(21-16-11-9-12-17-21)23(25(27)29)26-18-13-10-14-19-26/h9,11-12,16-17H,2-8,10,13-15,18-20H2,1H3. The molecule has 0 atom stereocenters. The van der Waals surface area contributed by atoms with Crippen molar-refractivity contribution < 1.29 is 9.59 Å². The Labute approximate surface area is 176 Å². The van der Waals surface area contributed by atoms with Crippen LogP contribution in [-0.2, 0) is 9.59 Å². The van der Waals surface area contributed by atoms with E-state index in [0.717, 1.165) is 44.3 Å². The van der Waals surface area contributed by atoms with Crippen LogP contribution in [0.3, 0.4) is 0 Å². The molecule has 0 aromatic heterocycles. The number of carbonyl (C=O) groups excluding carboxylic acids is 2. The van der Waals surface area contributed by atoms with Crippen molar-refractivity contribution in [3.8, 4) is 0 Å². The summed E-state index contributed by atoms with van der Waals surface area (Å²) in [5.41, 5.74) is 2.11. The molecule has 1 fully saturated rings. The van der Waals surface area contributed by atoms with Crippen molar-refractivity contribution in [1.82, 2.24) is 9.80 Å². The number of piperidine rings is 1. The Hall–Kier alpha value is -2.10. The lowest BCUT2D eigenvalue weighted by molar-refractivity contribution is -0.137. The minimum Gasteiger partial charge on any atom is -0.366 e. The molecule has 0 bridgehead atoms.